The molecule has 1 aliphatic rings. The molecule has 114 valence electrons. The first-order chi connectivity index (χ1) is 9.78. The summed E-state index contributed by atoms with van der Waals surface area (Å²) in [6.07, 6.45) is 3.79. The Hall–Kier alpha value is -1.78. The lowest BCUT2D eigenvalue weighted by Crippen LogP contribution is -2.11. The van der Waals surface area contributed by atoms with Crippen LogP contribution in [0.2, 0.25) is 0 Å². The molecule has 2 nitrogen and oxygen atoms in total. The highest BCUT2D eigenvalue weighted by Gasteiger charge is 2.61. The van der Waals surface area contributed by atoms with Crippen molar-refractivity contribution >= 4 is 5.97 Å². The molecule has 0 heterocycles. The van der Waals surface area contributed by atoms with Gasteiger partial charge in [-0.1, -0.05) is 26.0 Å². The van der Waals surface area contributed by atoms with Crippen molar-refractivity contribution in [2.24, 2.45) is 17.3 Å². The van der Waals surface area contributed by atoms with Crippen molar-refractivity contribution in [2.45, 2.75) is 27.4 Å². The third-order valence-electron chi connectivity index (χ3n) is 4.00. The quantitative estimate of drug-likeness (QED) is 0.477. The summed E-state index contributed by atoms with van der Waals surface area (Å²) >= 11 is 0. The van der Waals surface area contributed by atoms with Gasteiger partial charge in [0, 0.05) is 11.6 Å². The van der Waals surface area contributed by atoms with Gasteiger partial charge in [-0.25, -0.2) is 13.2 Å². The highest BCUT2D eigenvalue weighted by Crippen LogP contribution is 2.59. The standard InChI is InChI=1S/C16H17F3O2/c1-4-5-11-13(16(11,2)3)15(20)21-8-9-6-10(17)7-12(18)14(9)19/h4-7,11,13H,8H2,1-3H3/t11-,13+/m1/s1. The highest BCUT2D eigenvalue weighted by molar-refractivity contribution is 5.78. The Morgan fingerprint density at radius 2 is 2.00 bits per heavy atom. The van der Waals surface area contributed by atoms with Crippen LogP contribution in [0.15, 0.2) is 24.3 Å². The van der Waals surface area contributed by atoms with Gasteiger partial charge in [0.2, 0.25) is 0 Å². The SMILES string of the molecule is CC=C[C@@H]1[C@@H](C(=O)OCc2cc(F)cc(F)c2F)C1(C)C. The first-order valence-corrected chi connectivity index (χ1v) is 6.72. The number of allylic oxidation sites excluding steroid dienone is 2. The van der Waals surface area contributed by atoms with Gasteiger partial charge in [-0.15, -0.1) is 0 Å². The molecule has 0 aromatic heterocycles. The lowest BCUT2D eigenvalue weighted by atomic mass is 10.1. The largest absolute Gasteiger partial charge is 0.460 e. The summed E-state index contributed by atoms with van der Waals surface area (Å²) in [6.45, 7) is 5.26. The normalized spacial score (nSPS) is 23.3. The second kappa shape index (κ2) is 5.54. The summed E-state index contributed by atoms with van der Waals surface area (Å²) < 4.78 is 44.6. The lowest BCUT2D eigenvalue weighted by Gasteiger charge is -2.07. The second-order valence-corrected chi connectivity index (χ2v) is 5.82. The zero-order valence-electron chi connectivity index (χ0n) is 12.1. The molecule has 21 heavy (non-hydrogen) atoms. The Balaban J connectivity index is 2.03. The number of carbonyl (C=O) groups excluding carboxylic acids is 1. The molecule has 2 rings (SSSR count). The fourth-order valence-electron chi connectivity index (χ4n) is 2.65. The maximum Gasteiger partial charge on any atom is 0.310 e. The van der Waals surface area contributed by atoms with Gasteiger partial charge in [-0.05, 0) is 24.3 Å². The Labute approximate surface area is 121 Å². The fraction of sp³-hybridized carbons (Fsp3) is 0.438. The maximum absolute atomic E-state index is 13.5. The summed E-state index contributed by atoms with van der Waals surface area (Å²) in [5.74, 6) is -4.10. The molecule has 0 radical (unpaired) electrons. The van der Waals surface area contributed by atoms with Crippen molar-refractivity contribution in [3.05, 3.63) is 47.3 Å². The highest BCUT2D eigenvalue weighted by atomic mass is 19.2. The molecule has 0 amide bonds. The van der Waals surface area contributed by atoms with E-state index in [4.69, 9.17) is 4.74 Å². The minimum Gasteiger partial charge on any atom is -0.460 e. The predicted octanol–water partition coefficient (Wildman–Crippen LogP) is 4.00. The van der Waals surface area contributed by atoms with Crippen LogP contribution >= 0.6 is 0 Å². The van der Waals surface area contributed by atoms with Gasteiger partial charge in [0.05, 0.1) is 5.92 Å². The van der Waals surface area contributed by atoms with E-state index in [9.17, 15) is 18.0 Å². The number of esters is 1. The number of hydrogen-bond acceptors (Lipinski definition) is 2. The van der Waals surface area contributed by atoms with E-state index >= 15 is 0 Å². The molecule has 0 aliphatic heterocycles. The van der Waals surface area contributed by atoms with Crippen LogP contribution in [0.1, 0.15) is 26.3 Å². The fourth-order valence-corrected chi connectivity index (χ4v) is 2.65. The zero-order valence-corrected chi connectivity index (χ0v) is 12.1. The van der Waals surface area contributed by atoms with Gasteiger partial charge in [0.25, 0.3) is 0 Å². The Bertz CT molecular complexity index is 593. The van der Waals surface area contributed by atoms with Crippen LogP contribution in [0, 0.1) is 34.7 Å². The van der Waals surface area contributed by atoms with Crippen molar-refractivity contribution in [1.82, 2.24) is 0 Å². The van der Waals surface area contributed by atoms with Crippen molar-refractivity contribution < 1.29 is 22.7 Å². The topological polar surface area (TPSA) is 26.3 Å². The van der Waals surface area contributed by atoms with Gasteiger partial charge >= 0.3 is 5.97 Å². The molecule has 2 atom stereocenters. The van der Waals surface area contributed by atoms with Crippen LogP contribution in [0.25, 0.3) is 0 Å². The minimum atomic E-state index is -1.29. The number of hydrogen-bond donors (Lipinski definition) is 0. The van der Waals surface area contributed by atoms with E-state index < -0.39 is 30.0 Å². The molecular weight excluding hydrogens is 281 g/mol. The zero-order chi connectivity index (χ0) is 15.8. The average Bonchev–Trinajstić information content (AvgIpc) is 2.94. The third kappa shape index (κ3) is 2.96. The lowest BCUT2D eigenvalue weighted by molar-refractivity contribution is -0.147. The first kappa shape index (κ1) is 15.6. The number of halogens is 3. The van der Waals surface area contributed by atoms with Crippen molar-refractivity contribution in [3.63, 3.8) is 0 Å². The van der Waals surface area contributed by atoms with Crippen molar-refractivity contribution in [1.29, 1.82) is 0 Å². The van der Waals surface area contributed by atoms with Crippen molar-refractivity contribution in [2.75, 3.05) is 0 Å². The van der Waals surface area contributed by atoms with Crippen molar-refractivity contribution in [3.8, 4) is 0 Å². The molecule has 0 saturated heterocycles. The van der Waals surface area contributed by atoms with E-state index in [-0.39, 0.29) is 22.8 Å². The summed E-state index contributed by atoms with van der Waals surface area (Å²) in [6, 6.07) is 1.28. The van der Waals surface area contributed by atoms with Crippen LogP contribution in [-0.2, 0) is 16.1 Å². The van der Waals surface area contributed by atoms with E-state index in [1.807, 2.05) is 32.9 Å². The van der Waals surface area contributed by atoms with Crippen LogP contribution in [0.5, 0.6) is 0 Å². The molecule has 5 heteroatoms. The smallest absolute Gasteiger partial charge is 0.310 e. The molecule has 1 aromatic carbocycles. The Morgan fingerprint density at radius 1 is 1.33 bits per heavy atom. The van der Waals surface area contributed by atoms with Crippen LogP contribution < -0.4 is 0 Å². The maximum atomic E-state index is 13.5. The minimum absolute atomic E-state index is 0.0732. The van der Waals surface area contributed by atoms with E-state index in [0.717, 1.165) is 6.07 Å². The molecule has 0 unspecified atom stereocenters. The van der Waals surface area contributed by atoms with Gasteiger partial charge in [0.1, 0.15) is 12.4 Å². The Kier molecular flexibility index (Phi) is 4.12. The van der Waals surface area contributed by atoms with Crippen LogP contribution in [0.4, 0.5) is 13.2 Å². The van der Waals surface area contributed by atoms with E-state index in [2.05, 4.69) is 0 Å². The number of ether oxygens (including phenoxy) is 1. The van der Waals surface area contributed by atoms with E-state index in [0.29, 0.717) is 6.07 Å². The predicted molar refractivity (Wildman–Crippen MR) is 71.7 cm³/mol. The van der Waals surface area contributed by atoms with Crippen LogP contribution in [0.3, 0.4) is 0 Å². The van der Waals surface area contributed by atoms with Gasteiger partial charge in [-0.2, -0.15) is 0 Å². The number of carbonyl (C=O) groups is 1. The molecule has 1 fully saturated rings. The molecular formula is C16H17F3O2. The van der Waals surface area contributed by atoms with E-state index in [1.54, 1.807) is 0 Å². The summed E-state index contributed by atoms with van der Waals surface area (Å²) in [4.78, 5) is 12.0. The van der Waals surface area contributed by atoms with Gasteiger partial charge in [-0.3, -0.25) is 4.79 Å². The molecule has 1 aliphatic carbocycles. The van der Waals surface area contributed by atoms with Gasteiger partial charge in [0.15, 0.2) is 11.6 Å². The first-order valence-electron chi connectivity index (χ1n) is 6.72. The van der Waals surface area contributed by atoms with Crippen LogP contribution in [-0.4, -0.2) is 5.97 Å². The molecule has 1 saturated carbocycles. The average molecular weight is 298 g/mol. The second-order valence-electron chi connectivity index (χ2n) is 5.82. The molecule has 0 spiro atoms. The summed E-state index contributed by atoms with van der Waals surface area (Å²) in [5, 5.41) is 0. The summed E-state index contributed by atoms with van der Waals surface area (Å²) in [7, 11) is 0. The number of benzene rings is 1. The molecule has 0 N–H and O–H groups in total. The molecule has 0 bridgehead atoms. The monoisotopic (exact) mass is 298 g/mol. The number of rotatable bonds is 4. The van der Waals surface area contributed by atoms with E-state index in [1.165, 1.54) is 0 Å². The third-order valence-corrected chi connectivity index (χ3v) is 4.00. The van der Waals surface area contributed by atoms with Gasteiger partial charge < -0.3 is 4.74 Å². The summed E-state index contributed by atoms with van der Waals surface area (Å²) in [5.41, 5.74) is -0.517. The molecule has 1 aromatic rings. The Morgan fingerprint density at radius 3 is 2.62 bits per heavy atom.